The van der Waals surface area contributed by atoms with Gasteiger partial charge in [-0.25, -0.2) is 17.5 Å². The molecule has 2 rings (SSSR count). The Kier molecular flexibility index (Phi) is 6.13. The van der Waals surface area contributed by atoms with E-state index in [0.29, 0.717) is 4.73 Å². The molecule has 10 heteroatoms. The molecule has 0 fully saturated rings. The van der Waals surface area contributed by atoms with Crippen LogP contribution in [0.1, 0.15) is 17.4 Å². The number of ether oxygens (including phenoxy) is 1. The van der Waals surface area contributed by atoms with Crippen molar-refractivity contribution in [2.45, 2.75) is 17.9 Å². The largest absolute Gasteiger partial charge is 0.618 e. The molecule has 0 spiro atoms. The van der Waals surface area contributed by atoms with E-state index in [4.69, 9.17) is 4.74 Å². The Morgan fingerprint density at radius 1 is 1.19 bits per heavy atom. The summed E-state index contributed by atoms with van der Waals surface area (Å²) in [4.78, 5) is 24.2. The average molecular weight is 393 g/mol. The van der Waals surface area contributed by atoms with Crippen molar-refractivity contribution in [2.75, 3.05) is 19.4 Å². The third kappa shape index (κ3) is 4.80. The first-order valence-electron chi connectivity index (χ1n) is 7.85. The van der Waals surface area contributed by atoms with Crippen LogP contribution in [0, 0.1) is 5.21 Å². The van der Waals surface area contributed by atoms with Gasteiger partial charge in [0.2, 0.25) is 10.0 Å². The maximum Gasteiger partial charge on any atom is 0.405 e. The number of sulfonamides is 1. The van der Waals surface area contributed by atoms with Crippen molar-refractivity contribution in [2.24, 2.45) is 0 Å². The van der Waals surface area contributed by atoms with Gasteiger partial charge in [0.1, 0.15) is 0 Å². The van der Waals surface area contributed by atoms with Crippen molar-refractivity contribution in [3.63, 3.8) is 0 Å². The van der Waals surface area contributed by atoms with Crippen LogP contribution in [0.4, 0.5) is 5.69 Å². The molecule has 0 bridgehead atoms. The van der Waals surface area contributed by atoms with Crippen molar-refractivity contribution < 1.29 is 27.5 Å². The van der Waals surface area contributed by atoms with Crippen molar-refractivity contribution in [1.29, 1.82) is 0 Å². The maximum absolute atomic E-state index is 12.2. The minimum atomic E-state index is -3.66. The molecule has 0 unspecified atom stereocenters. The Labute approximate surface area is 156 Å². The number of esters is 1. The summed E-state index contributed by atoms with van der Waals surface area (Å²) in [5.74, 6) is -1.62. The summed E-state index contributed by atoms with van der Waals surface area (Å²) < 4.78 is 30.7. The Balaban J connectivity index is 2.09. The van der Waals surface area contributed by atoms with Gasteiger partial charge in [-0.3, -0.25) is 4.79 Å². The van der Waals surface area contributed by atoms with E-state index in [1.54, 1.807) is 0 Å². The second-order valence-electron chi connectivity index (χ2n) is 5.76. The van der Waals surface area contributed by atoms with Crippen molar-refractivity contribution >= 4 is 27.6 Å². The van der Waals surface area contributed by atoms with E-state index in [2.05, 4.69) is 5.32 Å². The molecule has 0 radical (unpaired) electrons. The topological polar surface area (TPSA) is 120 Å². The van der Waals surface area contributed by atoms with Gasteiger partial charge >= 0.3 is 11.7 Å². The number of nitrogens with zero attached hydrogens (tertiary/aromatic N) is 2. The Bertz CT molecular complexity index is 959. The number of hydrogen-bond acceptors (Lipinski definition) is 6. The molecule has 1 heterocycles. The number of benzene rings is 1. The van der Waals surface area contributed by atoms with Crippen LogP contribution in [-0.4, -0.2) is 44.8 Å². The zero-order chi connectivity index (χ0) is 20.2. The minimum Gasteiger partial charge on any atom is -0.618 e. The van der Waals surface area contributed by atoms with Gasteiger partial charge in [0, 0.05) is 31.9 Å². The number of pyridine rings is 1. The van der Waals surface area contributed by atoms with Crippen LogP contribution in [0.15, 0.2) is 53.6 Å². The smallest absolute Gasteiger partial charge is 0.405 e. The SMILES string of the molecule is C[C@@H](OC(=O)c1cccc[n+]1[O-])C(=O)Nc1cccc(S(=O)(=O)N(C)C)c1. The highest BCUT2D eigenvalue weighted by molar-refractivity contribution is 7.89. The van der Waals surface area contributed by atoms with Crippen LogP contribution in [-0.2, 0) is 19.6 Å². The molecule has 1 aromatic heterocycles. The standard InChI is InChI=1S/C17H19N3O6S/c1-12(26-17(22)15-9-4-5-10-20(15)23)16(21)18-13-7-6-8-14(11-13)27(24,25)19(2)3/h4-12H,1-3H3,(H,18,21)/t12-/m1/s1. The maximum atomic E-state index is 12.2. The van der Waals surface area contributed by atoms with E-state index >= 15 is 0 Å². The van der Waals surface area contributed by atoms with E-state index in [1.165, 1.54) is 63.5 Å². The molecule has 1 N–H and O–H groups in total. The summed E-state index contributed by atoms with van der Waals surface area (Å²) in [5, 5.41) is 14.0. The van der Waals surface area contributed by atoms with Gasteiger partial charge in [-0.05, 0) is 31.2 Å². The van der Waals surface area contributed by atoms with Gasteiger partial charge < -0.3 is 15.3 Å². The number of aromatic nitrogens is 1. The molecular formula is C17H19N3O6S. The fourth-order valence-electron chi connectivity index (χ4n) is 2.05. The first-order valence-corrected chi connectivity index (χ1v) is 9.29. The second kappa shape index (κ2) is 8.14. The number of hydrogen-bond donors (Lipinski definition) is 1. The molecule has 1 amide bonds. The Hall–Kier alpha value is -2.98. The average Bonchev–Trinajstić information content (AvgIpc) is 2.62. The van der Waals surface area contributed by atoms with Crippen LogP contribution < -0.4 is 10.0 Å². The molecular weight excluding hydrogens is 374 g/mol. The van der Waals surface area contributed by atoms with Gasteiger partial charge in [0.15, 0.2) is 12.3 Å². The monoisotopic (exact) mass is 393 g/mol. The molecule has 1 atom stereocenters. The summed E-state index contributed by atoms with van der Waals surface area (Å²) in [6, 6.07) is 9.90. The third-order valence-corrected chi connectivity index (χ3v) is 5.38. The van der Waals surface area contributed by atoms with Crippen molar-refractivity contribution in [3.05, 3.63) is 59.6 Å². The summed E-state index contributed by atoms with van der Waals surface area (Å²) >= 11 is 0. The van der Waals surface area contributed by atoms with Crippen molar-refractivity contribution in [3.8, 4) is 0 Å². The lowest BCUT2D eigenvalue weighted by molar-refractivity contribution is -0.608. The van der Waals surface area contributed by atoms with Gasteiger partial charge in [-0.15, -0.1) is 0 Å². The lowest BCUT2D eigenvalue weighted by Gasteiger charge is -2.15. The van der Waals surface area contributed by atoms with E-state index in [1.807, 2.05) is 0 Å². The summed E-state index contributed by atoms with van der Waals surface area (Å²) in [6.45, 7) is 1.34. The molecule has 0 aliphatic carbocycles. The molecule has 27 heavy (non-hydrogen) atoms. The molecule has 0 saturated heterocycles. The third-order valence-electron chi connectivity index (χ3n) is 3.57. The van der Waals surface area contributed by atoms with E-state index in [0.717, 1.165) is 10.5 Å². The second-order valence-corrected chi connectivity index (χ2v) is 7.92. The van der Waals surface area contributed by atoms with Crippen LogP contribution in [0.5, 0.6) is 0 Å². The van der Waals surface area contributed by atoms with Crippen molar-refractivity contribution in [1.82, 2.24) is 4.31 Å². The molecule has 144 valence electrons. The Morgan fingerprint density at radius 2 is 1.89 bits per heavy atom. The zero-order valence-electron chi connectivity index (χ0n) is 14.9. The van der Waals surface area contributed by atoms with E-state index < -0.39 is 28.0 Å². The Morgan fingerprint density at radius 3 is 2.52 bits per heavy atom. The number of carbonyl (C=O) groups is 2. The fourth-order valence-corrected chi connectivity index (χ4v) is 3.00. The van der Waals surface area contributed by atoms with Gasteiger partial charge in [-0.1, -0.05) is 6.07 Å². The van der Waals surface area contributed by atoms with Crippen LogP contribution in [0.2, 0.25) is 0 Å². The molecule has 0 aliphatic rings. The predicted molar refractivity (Wildman–Crippen MR) is 96.2 cm³/mol. The van der Waals surface area contributed by atoms with Crippen LogP contribution >= 0.6 is 0 Å². The fraction of sp³-hybridized carbons (Fsp3) is 0.235. The van der Waals surface area contributed by atoms with Crippen LogP contribution in [0.3, 0.4) is 0 Å². The number of rotatable bonds is 6. The van der Waals surface area contributed by atoms with Gasteiger partial charge in [0.25, 0.3) is 5.91 Å². The van der Waals surface area contributed by atoms with Crippen LogP contribution in [0.25, 0.3) is 0 Å². The first kappa shape index (κ1) is 20.3. The van der Waals surface area contributed by atoms with E-state index in [-0.39, 0.29) is 16.3 Å². The predicted octanol–water partition coefficient (Wildman–Crippen LogP) is 0.754. The summed E-state index contributed by atoms with van der Waals surface area (Å²) in [5.41, 5.74) is -0.0272. The molecule has 9 nitrogen and oxygen atoms in total. The number of amides is 1. The lowest BCUT2D eigenvalue weighted by atomic mass is 10.3. The number of anilines is 1. The number of nitrogens with one attached hydrogen (secondary N) is 1. The normalized spacial score (nSPS) is 12.4. The lowest BCUT2D eigenvalue weighted by Crippen LogP contribution is -2.37. The molecule has 1 aromatic carbocycles. The molecule has 0 aliphatic heterocycles. The van der Waals surface area contributed by atoms with Gasteiger partial charge in [0.05, 0.1) is 4.90 Å². The van der Waals surface area contributed by atoms with E-state index in [9.17, 15) is 23.2 Å². The zero-order valence-corrected chi connectivity index (χ0v) is 15.8. The summed E-state index contributed by atoms with van der Waals surface area (Å²) in [6.07, 6.45) is -0.0651. The molecule has 0 saturated carbocycles. The van der Waals surface area contributed by atoms with Gasteiger partial charge in [-0.2, -0.15) is 4.73 Å². The molecule has 2 aromatic rings. The number of carbonyl (C=O) groups excluding carboxylic acids is 2. The first-order chi connectivity index (χ1) is 12.6. The summed E-state index contributed by atoms with van der Waals surface area (Å²) in [7, 11) is -0.862. The highest BCUT2D eigenvalue weighted by Gasteiger charge is 2.24. The quantitative estimate of drug-likeness (QED) is 0.439. The minimum absolute atomic E-state index is 0.00614. The highest BCUT2D eigenvalue weighted by Crippen LogP contribution is 2.18. The highest BCUT2D eigenvalue weighted by atomic mass is 32.2.